The summed E-state index contributed by atoms with van der Waals surface area (Å²) in [5, 5.41) is 16.3. The minimum absolute atomic E-state index is 0. The molecule has 0 saturated heterocycles. The first-order chi connectivity index (χ1) is 3.13. The Bertz CT molecular complexity index is 71.7. The SMILES string of the molecule is CC(O)CC(=O)O.[KH]. The fourth-order valence-electron chi connectivity index (χ4n) is 0.253. The summed E-state index contributed by atoms with van der Waals surface area (Å²) in [4.78, 5) is 9.65. The van der Waals surface area contributed by atoms with Gasteiger partial charge in [-0.2, -0.15) is 0 Å². The number of carboxylic acid groups (broad SMARTS) is 1. The molecule has 3 nitrogen and oxygen atoms in total. The van der Waals surface area contributed by atoms with E-state index in [1.807, 2.05) is 0 Å². The van der Waals surface area contributed by atoms with Gasteiger partial charge < -0.3 is 10.2 Å². The Labute approximate surface area is 90.5 Å². The van der Waals surface area contributed by atoms with Crippen LogP contribution in [0, 0.1) is 0 Å². The molecule has 2 N–H and O–H groups in total. The normalized spacial score (nSPS) is 11.8. The van der Waals surface area contributed by atoms with Crippen molar-refractivity contribution in [1.29, 1.82) is 0 Å². The van der Waals surface area contributed by atoms with Crippen LogP contribution in [0.3, 0.4) is 0 Å². The number of aliphatic carboxylic acids is 1. The van der Waals surface area contributed by atoms with E-state index in [2.05, 4.69) is 0 Å². The predicted molar refractivity (Wildman–Crippen MR) is 31.1 cm³/mol. The number of carboxylic acids is 1. The molecular weight excluding hydrogens is 135 g/mol. The molecule has 44 valence electrons. The van der Waals surface area contributed by atoms with E-state index in [1.54, 1.807) is 0 Å². The van der Waals surface area contributed by atoms with E-state index >= 15 is 0 Å². The Morgan fingerprint density at radius 3 is 2.12 bits per heavy atom. The van der Waals surface area contributed by atoms with Gasteiger partial charge in [-0.1, -0.05) is 0 Å². The van der Waals surface area contributed by atoms with Crippen molar-refractivity contribution in [2.75, 3.05) is 0 Å². The molecule has 0 radical (unpaired) electrons. The molecular formula is C4H9KO3. The zero-order valence-electron chi connectivity index (χ0n) is 4.09. The number of hydrogen-bond donors (Lipinski definition) is 2. The number of rotatable bonds is 2. The zero-order chi connectivity index (χ0) is 5.86. The molecule has 0 aromatic rings. The van der Waals surface area contributed by atoms with Crippen LogP contribution in [0.15, 0.2) is 0 Å². The Kier molecular flexibility index (Phi) is 9.14. The van der Waals surface area contributed by atoms with Crippen molar-refractivity contribution in [2.45, 2.75) is 19.4 Å². The Morgan fingerprint density at radius 2 is 2.12 bits per heavy atom. The summed E-state index contributed by atoms with van der Waals surface area (Å²) in [6.07, 6.45) is -0.891. The molecule has 8 heavy (non-hydrogen) atoms. The van der Waals surface area contributed by atoms with Crippen LogP contribution in [0.1, 0.15) is 13.3 Å². The number of aliphatic hydroxyl groups is 1. The van der Waals surface area contributed by atoms with E-state index in [9.17, 15) is 4.79 Å². The minimum atomic E-state index is -0.963. The van der Waals surface area contributed by atoms with Crippen LogP contribution in [0.5, 0.6) is 0 Å². The summed E-state index contributed by atoms with van der Waals surface area (Å²) in [7, 11) is 0. The van der Waals surface area contributed by atoms with E-state index in [1.165, 1.54) is 6.92 Å². The van der Waals surface area contributed by atoms with Crippen LogP contribution < -0.4 is 0 Å². The standard InChI is InChI=1S/C4H8O3.K.H/c1-3(5)2-4(6)7;;/h3,5H,2H2,1H3,(H,6,7);;. The first-order valence-electron chi connectivity index (χ1n) is 2.03. The van der Waals surface area contributed by atoms with Crippen molar-refractivity contribution in [2.24, 2.45) is 0 Å². The molecule has 4 heteroatoms. The predicted octanol–water partition coefficient (Wildman–Crippen LogP) is -0.807. The second-order valence-corrected chi connectivity index (χ2v) is 1.45. The van der Waals surface area contributed by atoms with Gasteiger partial charge in [-0.3, -0.25) is 4.79 Å². The Balaban J connectivity index is 0. The average Bonchev–Trinajstić information content (AvgIpc) is 1.27. The van der Waals surface area contributed by atoms with Crippen molar-refractivity contribution in [1.82, 2.24) is 0 Å². The molecule has 0 aliphatic carbocycles. The van der Waals surface area contributed by atoms with E-state index < -0.39 is 12.1 Å². The van der Waals surface area contributed by atoms with Crippen LogP contribution >= 0.6 is 0 Å². The molecule has 0 bridgehead atoms. The Morgan fingerprint density at radius 1 is 1.75 bits per heavy atom. The summed E-state index contributed by atoms with van der Waals surface area (Å²) in [5.41, 5.74) is 0. The quantitative estimate of drug-likeness (QED) is 0.498. The molecule has 0 heterocycles. The fourth-order valence-corrected chi connectivity index (χ4v) is 0.253. The molecule has 1 atom stereocenters. The van der Waals surface area contributed by atoms with Gasteiger partial charge in [0.05, 0.1) is 12.5 Å². The zero-order valence-corrected chi connectivity index (χ0v) is 4.09. The monoisotopic (exact) mass is 144 g/mol. The van der Waals surface area contributed by atoms with Gasteiger partial charge in [0, 0.05) is 0 Å². The number of hydrogen-bond acceptors (Lipinski definition) is 2. The molecule has 0 aliphatic heterocycles. The molecule has 0 aromatic heterocycles. The first-order valence-corrected chi connectivity index (χ1v) is 2.03. The Hall–Kier alpha value is 1.07. The van der Waals surface area contributed by atoms with Crippen molar-refractivity contribution >= 4 is 57.4 Å². The summed E-state index contributed by atoms with van der Waals surface area (Å²) in [5.74, 6) is -0.963. The summed E-state index contributed by atoms with van der Waals surface area (Å²) in [6.45, 7) is 1.44. The van der Waals surface area contributed by atoms with Crippen LogP contribution in [0.25, 0.3) is 0 Å². The second-order valence-electron chi connectivity index (χ2n) is 1.45. The fraction of sp³-hybridized carbons (Fsp3) is 0.750. The molecule has 0 aromatic carbocycles. The summed E-state index contributed by atoms with van der Waals surface area (Å²) < 4.78 is 0. The first kappa shape index (κ1) is 11.8. The summed E-state index contributed by atoms with van der Waals surface area (Å²) >= 11 is 0. The van der Waals surface area contributed by atoms with Crippen LogP contribution in [-0.4, -0.2) is 73.7 Å². The van der Waals surface area contributed by atoms with Gasteiger partial charge in [-0.05, 0) is 6.92 Å². The maximum atomic E-state index is 9.65. The van der Waals surface area contributed by atoms with E-state index in [0.717, 1.165) is 0 Å². The molecule has 0 amide bonds. The molecule has 0 saturated carbocycles. The second kappa shape index (κ2) is 6.19. The summed E-state index contributed by atoms with van der Waals surface area (Å²) in [6, 6.07) is 0. The molecule has 1 unspecified atom stereocenters. The van der Waals surface area contributed by atoms with Gasteiger partial charge in [-0.25, -0.2) is 0 Å². The van der Waals surface area contributed by atoms with Crippen LogP contribution in [0.2, 0.25) is 0 Å². The van der Waals surface area contributed by atoms with Gasteiger partial charge in [0.1, 0.15) is 0 Å². The third-order valence-electron chi connectivity index (χ3n) is 0.470. The van der Waals surface area contributed by atoms with E-state index in [-0.39, 0.29) is 57.8 Å². The van der Waals surface area contributed by atoms with Gasteiger partial charge >= 0.3 is 57.4 Å². The van der Waals surface area contributed by atoms with E-state index in [0.29, 0.717) is 0 Å². The van der Waals surface area contributed by atoms with Crippen molar-refractivity contribution in [3.8, 4) is 0 Å². The van der Waals surface area contributed by atoms with Gasteiger partial charge in [0.15, 0.2) is 0 Å². The molecule has 0 aliphatic rings. The van der Waals surface area contributed by atoms with Gasteiger partial charge in [-0.15, -0.1) is 0 Å². The van der Waals surface area contributed by atoms with Gasteiger partial charge in [0.2, 0.25) is 0 Å². The van der Waals surface area contributed by atoms with Crippen molar-refractivity contribution in [3.63, 3.8) is 0 Å². The molecule has 0 spiro atoms. The van der Waals surface area contributed by atoms with Crippen LogP contribution in [-0.2, 0) is 4.79 Å². The van der Waals surface area contributed by atoms with E-state index in [4.69, 9.17) is 10.2 Å². The third kappa shape index (κ3) is 10.1. The third-order valence-corrected chi connectivity index (χ3v) is 0.470. The van der Waals surface area contributed by atoms with Crippen molar-refractivity contribution < 1.29 is 15.0 Å². The average molecular weight is 144 g/mol. The van der Waals surface area contributed by atoms with Crippen LogP contribution in [0.4, 0.5) is 0 Å². The molecule has 0 rings (SSSR count). The number of carbonyl (C=O) groups is 1. The van der Waals surface area contributed by atoms with Crippen molar-refractivity contribution in [3.05, 3.63) is 0 Å². The maximum absolute atomic E-state index is 9.65. The number of aliphatic hydroxyl groups excluding tert-OH is 1. The molecule has 0 fully saturated rings. The topological polar surface area (TPSA) is 57.5 Å². The van der Waals surface area contributed by atoms with Gasteiger partial charge in [0.25, 0.3) is 0 Å².